The van der Waals surface area contributed by atoms with Gasteiger partial charge in [-0.05, 0) is 35.9 Å². The van der Waals surface area contributed by atoms with Crippen LogP contribution < -0.4 is 5.46 Å². The van der Waals surface area contributed by atoms with E-state index in [0.717, 1.165) is 18.4 Å². The van der Waals surface area contributed by atoms with Crippen molar-refractivity contribution in [2.45, 2.75) is 18.8 Å². The molecule has 0 heterocycles. The fourth-order valence-electron chi connectivity index (χ4n) is 1.73. The molecule has 3 nitrogen and oxygen atoms in total. The van der Waals surface area contributed by atoms with Crippen LogP contribution in [0.25, 0.3) is 0 Å². The molecule has 0 aliphatic heterocycles. The summed E-state index contributed by atoms with van der Waals surface area (Å²) in [5.74, 6) is 0.350. The smallest absolute Gasteiger partial charge is 0.423 e. The molecule has 0 saturated heterocycles. The maximum atomic E-state index is 9.15. The van der Waals surface area contributed by atoms with Gasteiger partial charge in [0.1, 0.15) is 0 Å². The Labute approximate surface area is 82.8 Å². The van der Waals surface area contributed by atoms with Gasteiger partial charge in [0.25, 0.3) is 0 Å². The van der Waals surface area contributed by atoms with Crippen LogP contribution >= 0.6 is 0 Å². The number of rotatable bonds is 2. The molecular weight excluding hydrogens is 177 g/mol. The van der Waals surface area contributed by atoms with Crippen molar-refractivity contribution in [3.05, 3.63) is 29.3 Å². The first-order valence-electron chi connectivity index (χ1n) is 4.63. The van der Waals surface area contributed by atoms with Gasteiger partial charge in [0, 0.05) is 0 Å². The molecule has 1 saturated carbocycles. The van der Waals surface area contributed by atoms with Gasteiger partial charge in [-0.2, -0.15) is 5.26 Å². The van der Waals surface area contributed by atoms with Crippen LogP contribution in [0, 0.1) is 11.3 Å². The second-order valence-corrected chi connectivity index (χ2v) is 3.57. The first-order chi connectivity index (χ1) is 6.74. The van der Waals surface area contributed by atoms with Crippen LogP contribution in [0.2, 0.25) is 0 Å². The van der Waals surface area contributed by atoms with Gasteiger partial charge in [-0.1, -0.05) is 12.1 Å². The number of benzene rings is 1. The molecule has 14 heavy (non-hydrogen) atoms. The van der Waals surface area contributed by atoms with Crippen molar-refractivity contribution in [3.63, 3.8) is 0 Å². The van der Waals surface area contributed by atoms with Crippen LogP contribution in [0.1, 0.15) is 29.9 Å². The Morgan fingerprint density at radius 3 is 2.57 bits per heavy atom. The van der Waals surface area contributed by atoms with E-state index in [9.17, 15) is 0 Å². The minimum absolute atomic E-state index is 0.350. The van der Waals surface area contributed by atoms with Crippen LogP contribution in [0.4, 0.5) is 0 Å². The first kappa shape index (κ1) is 9.26. The van der Waals surface area contributed by atoms with Crippen molar-refractivity contribution in [3.8, 4) is 6.07 Å². The molecule has 0 radical (unpaired) electrons. The highest BCUT2D eigenvalue weighted by Gasteiger charge is 2.31. The Morgan fingerprint density at radius 1 is 1.36 bits per heavy atom. The van der Waals surface area contributed by atoms with E-state index < -0.39 is 7.12 Å². The van der Waals surface area contributed by atoms with Crippen molar-refractivity contribution in [2.24, 2.45) is 0 Å². The summed E-state index contributed by atoms with van der Waals surface area (Å²) in [6.45, 7) is 0. The molecule has 0 amide bonds. The number of hydrogen-bond acceptors (Lipinski definition) is 3. The predicted molar refractivity (Wildman–Crippen MR) is 53.0 cm³/mol. The molecular formula is C10H10BNO2. The Bertz CT molecular complexity index is 394. The molecule has 1 aromatic rings. The fourth-order valence-corrected chi connectivity index (χ4v) is 1.73. The summed E-state index contributed by atoms with van der Waals surface area (Å²) in [6, 6.07) is 7.16. The van der Waals surface area contributed by atoms with Crippen molar-refractivity contribution in [1.82, 2.24) is 0 Å². The Morgan fingerprint density at radius 2 is 2.07 bits per heavy atom. The van der Waals surface area contributed by atoms with E-state index in [2.05, 4.69) is 6.07 Å². The average Bonchev–Trinajstić information content (AvgIpc) is 2.99. The minimum Gasteiger partial charge on any atom is -0.423 e. The monoisotopic (exact) mass is 187 g/mol. The highest BCUT2D eigenvalue weighted by atomic mass is 16.4. The second kappa shape index (κ2) is 3.45. The number of hydrogen-bond donors (Lipinski definition) is 2. The van der Waals surface area contributed by atoms with Crippen molar-refractivity contribution < 1.29 is 10.0 Å². The molecule has 70 valence electrons. The maximum Gasteiger partial charge on any atom is 0.488 e. The lowest BCUT2D eigenvalue weighted by atomic mass is 9.74. The zero-order valence-corrected chi connectivity index (χ0v) is 7.64. The third kappa shape index (κ3) is 1.52. The van der Waals surface area contributed by atoms with Crippen LogP contribution in [0.5, 0.6) is 0 Å². The highest BCUT2D eigenvalue weighted by Crippen LogP contribution is 2.40. The zero-order valence-electron chi connectivity index (χ0n) is 7.64. The van der Waals surface area contributed by atoms with Gasteiger partial charge < -0.3 is 10.0 Å². The predicted octanol–water partition coefficient (Wildman–Crippen LogP) is 0.115. The summed E-state index contributed by atoms with van der Waals surface area (Å²) in [4.78, 5) is 0. The van der Waals surface area contributed by atoms with E-state index in [-0.39, 0.29) is 0 Å². The van der Waals surface area contributed by atoms with Crippen molar-refractivity contribution >= 4 is 12.6 Å². The van der Waals surface area contributed by atoms with Gasteiger partial charge in [-0.25, -0.2) is 0 Å². The molecule has 0 atom stereocenters. The number of nitrogens with zero attached hydrogens (tertiary/aromatic N) is 1. The first-order valence-corrected chi connectivity index (χ1v) is 4.63. The lowest BCUT2D eigenvalue weighted by Crippen LogP contribution is -2.33. The van der Waals surface area contributed by atoms with Gasteiger partial charge in [-0.15, -0.1) is 0 Å². The maximum absolute atomic E-state index is 9.15. The van der Waals surface area contributed by atoms with Crippen LogP contribution in [-0.2, 0) is 0 Å². The minimum atomic E-state index is -1.47. The normalized spacial score (nSPS) is 14.9. The van der Waals surface area contributed by atoms with Crippen molar-refractivity contribution in [2.75, 3.05) is 0 Å². The molecule has 1 aliphatic carbocycles. The van der Waals surface area contributed by atoms with E-state index in [1.807, 2.05) is 0 Å². The molecule has 0 unspecified atom stereocenters. The average molecular weight is 187 g/mol. The zero-order chi connectivity index (χ0) is 10.1. The summed E-state index contributed by atoms with van der Waals surface area (Å²) < 4.78 is 0. The van der Waals surface area contributed by atoms with Crippen LogP contribution in [0.15, 0.2) is 18.2 Å². The van der Waals surface area contributed by atoms with Gasteiger partial charge in [-0.3, -0.25) is 0 Å². The molecule has 1 aromatic carbocycles. The quantitative estimate of drug-likeness (QED) is 0.646. The molecule has 2 rings (SSSR count). The van der Waals surface area contributed by atoms with E-state index >= 15 is 0 Å². The third-order valence-corrected chi connectivity index (χ3v) is 2.52. The van der Waals surface area contributed by atoms with E-state index in [4.69, 9.17) is 15.3 Å². The topological polar surface area (TPSA) is 64.2 Å². The lowest BCUT2D eigenvalue weighted by Gasteiger charge is -2.08. The molecule has 0 bridgehead atoms. The third-order valence-electron chi connectivity index (χ3n) is 2.52. The fraction of sp³-hybridized carbons (Fsp3) is 0.300. The van der Waals surface area contributed by atoms with Crippen LogP contribution in [0.3, 0.4) is 0 Å². The number of nitriles is 1. The summed E-state index contributed by atoms with van der Waals surface area (Å²) in [7, 11) is -1.47. The molecule has 4 heteroatoms. The largest absolute Gasteiger partial charge is 0.488 e. The molecule has 0 aromatic heterocycles. The Hall–Kier alpha value is -1.31. The van der Waals surface area contributed by atoms with Crippen LogP contribution in [-0.4, -0.2) is 17.2 Å². The van der Waals surface area contributed by atoms with Gasteiger partial charge in [0.15, 0.2) is 0 Å². The summed E-state index contributed by atoms with van der Waals surface area (Å²) in [5, 5.41) is 27.2. The highest BCUT2D eigenvalue weighted by molar-refractivity contribution is 6.59. The van der Waals surface area contributed by atoms with Gasteiger partial charge >= 0.3 is 7.12 Å². The molecule has 1 fully saturated rings. The van der Waals surface area contributed by atoms with Gasteiger partial charge in [0.05, 0.1) is 11.6 Å². The van der Waals surface area contributed by atoms with Crippen molar-refractivity contribution in [1.29, 1.82) is 5.26 Å². The Kier molecular flexibility index (Phi) is 2.28. The summed E-state index contributed by atoms with van der Waals surface area (Å²) >= 11 is 0. The summed E-state index contributed by atoms with van der Waals surface area (Å²) in [5.41, 5.74) is 1.87. The lowest BCUT2D eigenvalue weighted by molar-refractivity contribution is 0.425. The van der Waals surface area contributed by atoms with Gasteiger partial charge in [0.2, 0.25) is 0 Å². The molecule has 1 aliphatic rings. The molecule has 0 spiro atoms. The second-order valence-electron chi connectivity index (χ2n) is 3.57. The summed E-state index contributed by atoms with van der Waals surface area (Å²) in [6.07, 6.45) is 2.08. The SMILES string of the molecule is N#Cc1cccc(B(O)O)c1C1CC1. The molecule has 2 N–H and O–H groups in total. The van der Waals surface area contributed by atoms with E-state index in [0.29, 0.717) is 16.9 Å². The van der Waals surface area contributed by atoms with E-state index in [1.165, 1.54) is 0 Å². The standard InChI is InChI=1S/C10H10BNO2/c12-6-8-2-1-3-9(11(13)14)10(8)7-4-5-7/h1-3,7,13-14H,4-5H2. The Balaban J connectivity index is 2.54. The van der Waals surface area contributed by atoms with E-state index in [1.54, 1.807) is 18.2 Å².